The smallest absolute Gasteiger partial charge is 0.143 e. The van der Waals surface area contributed by atoms with Crippen molar-refractivity contribution in [3.05, 3.63) is 169 Å². The second-order valence-electron chi connectivity index (χ2n) is 14.5. The minimum atomic E-state index is -0.0949. The third-order valence-electron chi connectivity index (χ3n) is 11.1. The van der Waals surface area contributed by atoms with Crippen molar-refractivity contribution in [1.82, 2.24) is 19.5 Å². The van der Waals surface area contributed by atoms with Gasteiger partial charge in [-0.05, 0) is 101 Å². The molecule has 1 aliphatic carbocycles. The van der Waals surface area contributed by atoms with Gasteiger partial charge in [-0.2, -0.15) is 0 Å². The fourth-order valence-corrected chi connectivity index (χ4v) is 8.57. The predicted molar refractivity (Wildman–Crippen MR) is 215 cm³/mol. The Morgan fingerprint density at radius 1 is 0.491 bits per heavy atom. The Morgan fingerprint density at radius 3 is 1.96 bits per heavy atom. The van der Waals surface area contributed by atoms with E-state index in [-0.39, 0.29) is 5.41 Å². The summed E-state index contributed by atoms with van der Waals surface area (Å²) in [6, 6.07) is 51.4. The van der Waals surface area contributed by atoms with Crippen molar-refractivity contribution in [2.75, 3.05) is 0 Å². The molecular formula is C48H32N4O. The number of rotatable bonds is 4. The minimum absolute atomic E-state index is 0.0949. The van der Waals surface area contributed by atoms with Gasteiger partial charge in [0.25, 0.3) is 0 Å². The van der Waals surface area contributed by atoms with Gasteiger partial charge in [0, 0.05) is 50.6 Å². The normalized spacial score (nSPS) is 13.2. The fraction of sp³-hybridized carbons (Fsp3) is 0.0625. The van der Waals surface area contributed by atoms with E-state index in [0.29, 0.717) is 0 Å². The van der Waals surface area contributed by atoms with Crippen LogP contribution in [-0.4, -0.2) is 19.5 Å². The number of fused-ring (bicyclic) bond motifs is 9. The lowest BCUT2D eigenvalue weighted by molar-refractivity contribution is 0.661. The van der Waals surface area contributed by atoms with Crippen LogP contribution >= 0.6 is 0 Å². The van der Waals surface area contributed by atoms with Crippen LogP contribution in [-0.2, 0) is 5.41 Å². The molecule has 0 unspecified atom stereocenters. The number of benzene rings is 5. The highest BCUT2D eigenvalue weighted by Gasteiger charge is 2.36. The fourth-order valence-electron chi connectivity index (χ4n) is 8.57. The Morgan fingerprint density at radius 2 is 1.19 bits per heavy atom. The summed E-state index contributed by atoms with van der Waals surface area (Å²) in [5.41, 5.74) is 15.6. The summed E-state index contributed by atoms with van der Waals surface area (Å²) in [6.07, 6.45) is 3.60. The number of nitrogens with zero attached hydrogens (tertiary/aromatic N) is 4. The largest absolute Gasteiger partial charge is 0.455 e. The maximum Gasteiger partial charge on any atom is 0.143 e. The van der Waals surface area contributed by atoms with Gasteiger partial charge in [0.2, 0.25) is 0 Å². The number of hydrogen-bond donors (Lipinski definition) is 0. The quantitative estimate of drug-likeness (QED) is 0.186. The molecule has 5 aromatic heterocycles. The molecule has 0 aliphatic heterocycles. The van der Waals surface area contributed by atoms with Crippen molar-refractivity contribution < 1.29 is 4.42 Å². The second kappa shape index (κ2) is 11.1. The van der Waals surface area contributed by atoms with E-state index in [0.717, 1.165) is 61.5 Å². The van der Waals surface area contributed by atoms with Gasteiger partial charge in [0.05, 0.1) is 33.8 Å². The van der Waals surface area contributed by atoms with E-state index in [4.69, 9.17) is 9.40 Å². The first-order valence-corrected chi connectivity index (χ1v) is 18.0. The zero-order valence-electron chi connectivity index (χ0n) is 29.2. The molecule has 5 nitrogen and oxygen atoms in total. The monoisotopic (exact) mass is 680 g/mol. The first kappa shape index (κ1) is 29.8. The van der Waals surface area contributed by atoms with Crippen LogP contribution in [0, 0.1) is 0 Å². The zero-order chi connectivity index (χ0) is 35.3. The number of para-hydroxylation sites is 2. The van der Waals surface area contributed by atoms with E-state index in [1.54, 1.807) is 12.4 Å². The van der Waals surface area contributed by atoms with Gasteiger partial charge in [-0.25, -0.2) is 4.98 Å². The first-order valence-electron chi connectivity index (χ1n) is 18.0. The van der Waals surface area contributed by atoms with Crippen LogP contribution in [0.25, 0.3) is 94.5 Å². The second-order valence-corrected chi connectivity index (χ2v) is 14.5. The molecule has 0 saturated heterocycles. The molecule has 0 amide bonds. The van der Waals surface area contributed by atoms with Gasteiger partial charge in [-0.1, -0.05) is 86.6 Å². The van der Waals surface area contributed by atoms with Crippen molar-refractivity contribution in [3.63, 3.8) is 0 Å². The summed E-state index contributed by atoms with van der Waals surface area (Å²) in [4.78, 5) is 14.2. The number of furan rings is 1. The first-order chi connectivity index (χ1) is 26.0. The van der Waals surface area contributed by atoms with Crippen molar-refractivity contribution >= 4 is 43.7 Å². The molecule has 0 saturated carbocycles. The highest BCUT2D eigenvalue weighted by Crippen LogP contribution is 2.51. The molecule has 5 heteroatoms. The molecule has 0 N–H and O–H groups in total. The van der Waals surface area contributed by atoms with Crippen LogP contribution in [0.3, 0.4) is 0 Å². The Balaban J connectivity index is 1.12. The van der Waals surface area contributed by atoms with Crippen LogP contribution in [0.4, 0.5) is 0 Å². The molecule has 0 spiro atoms. The third-order valence-corrected chi connectivity index (χ3v) is 11.1. The molecular weight excluding hydrogens is 649 g/mol. The van der Waals surface area contributed by atoms with E-state index in [1.165, 1.54) is 44.1 Å². The number of hydrogen-bond acceptors (Lipinski definition) is 4. The van der Waals surface area contributed by atoms with E-state index in [2.05, 4.69) is 138 Å². The van der Waals surface area contributed by atoms with Crippen molar-refractivity contribution in [2.24, 2.45) is 0 Å². The average Bonchev–Trinajstić information content (AvgIpc) is 3.82. The molecule has 0 fully saturated rings. The average molecular weight is 681 g/mol. The van der Waals surface area contributed by atoms with Crippen LogP contribution in [0.5, 0.6) is 0 Å². The summed E-state index contributed by atoms with van der Waals surface area (Å²) in [5.74, 6) is 0. The molecule has 1 aliphatic rings. The minimum Gasteiger partial charge on any atom is -0.455 e. The number of pyridine rings is 3. The lowest BCUT2D eigenvalue weighted by Crippen LogP contribution is -2.14. The lowest BCUT2D eigenvalue weighted by atomic mass is 9.82. The van der Waals surface area contributed by atoms with Crippen molar-refractivity contribution in [3.8, 4) is 50.7 Å². The topological polar surface area (TPSA) is 56.7 Å². The summed E-state index contributed by atoms with van der Waals surface area (Å²) >= 11 is 0. The molecule has 5 aromatic carbocycles. The maximum absolute atomic E-state index is 6.74. The summed E-state index contributed by atoms with van der Waals surface area (Å²) in [5, 5.41) is 4.64. The molecule has 250 valence electrons. The zero-order valence-corrected chi connectivity index (χ0v) is 29.2. The highest BCUT2D eigenvalue weighted by atomic mass is 16.3. The summed E-state index contributed by atoms with van der Waals surface area (Å²) < 4.78 is 9.16. The molecule has 0 radical (unpaired) electrons. The molecule has 10 aromatic rings. The SMILES string of the molecule is CC1(C)c2ccccc2-c2cc3c4ccccc4n(-c4ccc5oc6c(-c7cc(-c8ccccn8)nc(-c8ccccn8)c7)cccc6c5c4)c3cc21. The van der Waals surface area contributed by atoms with Gasteiger partial charge in [0.1, 0.15) is 11.2 Å². The molecule has 11 rings (SSSR count). The molecule has 53 heavy (non-hydrogen) atoms. The Kier molecular flexibility index (Phi) is 6.23. The Bertz CT molecular complexity index is 3020. The van der Waals surface area contributed by atoms with Crippen molar-refractivity contribution in [2.45, 2.75) is 19.3 Å². The van der Waals surface area contributed by atoms with Gasteiger partial charge >= 0.3 is 0 Å². The standard InChI is InChI=1S/C48H32N4O/c1-48(2)38-16-5-3-12-32(38)35-27-36-33-13-4-6-19-44(33)52(45(36)28-39(35)48)30-20-21-46-37(26-30)34-15-11-14-31(47(34)53-46)29-24-42(40-17-7-9-22-49-40)51-43(25-29)41-18-8-10-23-50-41/h3-28H,1-2H3. The summed E-state index contributed by atoms with van der Waals surface area (Å²) in [7, 11) is 0. The Hall–Kier alpha value is -6.85. The van der Waals surface area contributed by atoms with E-state index < -0.39 is 0 Å². The van der Waals surface area contributed by atoms with Gasteiger partial charge in [-0.15, -0.1) is 0 Å². The molecule has 5 heterocycles. The molecule has 0 bridgehead atoms. The van der Waals surface area contributed by atoms with Crippen LogP contribution < -0.4 is 0 Å². The van der Waals surface area contributed by atoms with E-state index in [9.17, 15) is 0 Å². The Labute approximate surface area is 305 Å². The summed E-state index contributed by atoms with van der Waals surface area (Å²) in [6.45, 7) is 4.69. The highest BCUT2D eigenvalue weighted by molar-refractivity contribution is 6.13. The van der Waals surface area contributed by atoms with Gasteiger partial charge in [0.15, 0.2) is 0 Å². The van der Waals surface area contributed by atoms with E-state index in [1.807, 2.05) is 36.4 Å². The third kappa shape index (κ3) is 4.40. The van der Waals surface area contributed by atoms with Gasteiger partial charge < -0.3 is 8.98 Å². The van der Waals surface area contributed by atoms with Gasteiger partial charge in [-0.3, -0.25) is 9.97 Å². The van der Waals surface area contributed by atoms with Crippen LogP contribution in [0.1, 0.15) is 25.0 Å². The predicted octanol–water partition coefficient (Wildman–Crippen LogP) is 12.2. The van der Waals surface area contributed by atoms with Crippen molar-refractivity contribution in [1.29, 1.82) is 0 Å². The number of aromatic nitrogens is 4. The molecule has 0 atom stereocenters. The van der Waals surface area contributed by atoms with Crippen LogP contribution in [0.15, 0.2) is 162 Å². The van der Waals surface area contributed by atoms with E-state index >= 15 is 0 Å². The van der Waals surface area contributed by atoms with Crippen LogP contribution in [0.2, 0.25) is 0 Å². The maximum atomic E-state index is 6.74. The lowest BCUT2D eigenvalue weighted by Gasteiger charge is -2.21.